The third kappa shape index (κ3) is 3.51. The summed E-state index contributed by atoms with van der Waals surface area (Å²) >= 11 is 0. The molecule has 0 saturated carbocycles. The van der Waals surface area contributed by atoms with Crippen LogP contribution in [0.2, 0.25) is 0 Å². The third-order valence-corrected chi connectivity index (χ3v) is 2.87. The normalized spacial score (nSPS) is 10.7. The molecule has 0 amide bonds. The van der Waals surface area contributed by atoms with Gasteiger partial charge in [0.05, 0.1) is 13.3 Å². The number of aryl methyl sites for hydroxylation is 1. The summed E-state index contributed by atoms with van der Waals surface area (Å²) in [5.41, 5.74) is 3.05. The van der Waals surface area contributed by atoms with Crippen molar-refractivity contribution < 1.29 is 14.7 Å². The van der Waals surface area contributed by atoms with E-state index < -0.39 is 0 Å². The molecule has 2 aromatic carbocycles. The van der Waals surface area contributed by atoms with Gasteiger partial charge in [0, 0.05) is 5.56 Å². The van der Waals surface area contributed by atoms with Crippen LogP contribution in [-0.4, -0.2) is 18.5 Å². The molecule has 0 atom stereocenters. The van der Waals surface area contributed by atoms with Crippen LogP contribution in [0.5, 0.6) is 11.5 Å². The molecule has 4 nitrogen and oxygen atoms in total. The van der Waals surface area contributed by atoms with Crippen LogP contribution < -0.4 is 9.47 Å². The Hall–Kier alpha value is -2.49. The summed E-state index contributed by atoms with van der Waals surface area (Å²) in [5, 5.41) is 11.5. The summed E-state index contributed by atoms with van der Waals surface area (Å²) in [7, 11) is 1.58. The second-order valence-electron chi connectivity index (χ2n) is 4.43. The first-order valence-electron chi connectivity index (χ1n) is 6.27. The van der Waals surface area contributed by atoms with E-state index in [0.717, 1.165) is 11.1 Å². The van der Waals surface area contributed by atoms with Gasteiger partial charge >= 0.3 is 0 Å². The van der Waals surface area contributed by atoms with Crippen molar-refractivity contribution in [2.75, 3.05) is 7.11 Å². The van der Waals surface area contributed by atoms with Gasteiger partial charge in [-0.05, 0) is 30.7 Å². The van der Waals surface area contributed by atoms with Crippen molar-refractivity contribution in [1.82, 2.24) is 0 Å². The summed E-state index contributed by atoms with van der Waals surface area (Å²) in [6.45, 7) is 2.53. The van der Waals surface area contributed by atoms with E-state index in [-0.39, 0.29) is 0 Å². The molecule has 0 saturated heterocycles. The standard InChI is InChI=1S/C16H17NO3/c1-12-4-3-5-14(8-12)11-20-15-7-6-13(10-17-18)9-16(15)19-2/h3-10,18H,11H2,1-2H3/b17-10+. The van der Waals surface area contributed by atoms with Gasteiger partial charge in [-0.25, -0.2) is 0 Å². The minimum Gasteiger partial charge on any atom is -0.493 e. The molecule has 0 fully saturated rings. The number of oxime groups is 1. The molecule has 0 heterocycles. The van der Waals surface area contributed by atoms with Crippen molar-refractivity contribution in [2.24, 2.45) is 5.16 Å². The monoisotopic (exact) mass is 271 g/mol. The molecule has 1 N–H and O–H groups in total. The average molecular weight is 271 g/mol. The predicted octanol–water partition coefficient (Wildman–Crippen LogP) is 3.39. The Morgan fingerprint density at radius 3 is 2.70 bits per heavy atom. The Morgan fingerprint density at radius 1 is 1.15 bits per heavy atom. The van der Waals surface area contributed by atoms with Gasteiger partial charge in [0.25, 0.3) is 0 Å². The van der Waals surface area contributed by atoms with E-state index in [0.29, 0.717) is 18.1 Å². The minimum absolute atomic E-state index is 0.478. The molecule has 0 aliphatic heterocycles. The fourth-order valence-corrected chi connectivity index (χ4v) is 1.91. The SMILES string of the molecule is COc1cc(/C=N/O)ccc1OCc1cccc(C)c1. The van der Waals surface area contributed by atoms with Crippen LogP contribution in [-0.2, 0) is 6.61 Å². The molecular weight excluding hydrogens is 254 g/mol. The number of hydrogen-bond acceptors (Lipinski definition) is 4. The van der Waals surface area contributed by atoms with Gasteiger partial charge in [0.2, 0.25) is 0 Å². The second kappa shape index (κ2) is 6.61. The molecule has 0 unspecified atom stereocenters. The number of benzene rings is 2. The van der Waals surface area contributed by atoms with Crippen molar-refractivity contribution in [2.45, 2.75) is 13.5 Å². The van der Waals surface area contributed by atoms with Gasteiger partial charge in [0.1, 0.15) is 6.61 Å². The number of nitrogens with zero attached hydrogens (tertiary/aromatic N) is 1. The highest BCUT2D eigenvalue weighted by molar-refractivity contribution is 5.80. The maximum atomic E-state index is 8.53. The molecule has 2 rings (SSSR count). The zero-order valence-corrected chi connectivity index (χ0v) is 11.5. The van der Waals surface area contributed by atoms with Crippen molar-refractivity contribution in [1.29, 1.82) is 0 Å². The van der Waals surface area contributed by atoms with Gasteiger partial charge in [-0.2, -0.15) is 0 Å². The molecule has 0 bridgehead atoms. The van der Waals surface area contributed by atoms with E-state index >= 15 is 0 Å². The molecule has 0 aliphatic carbocycles. The molecule has 0 aliphatic rings. The van der Waals surface area contributed by atoms with Crippen LogP contribution >= 0.6 is 0 Å². The molecule has 2 aromatic rings. The molecule has 0 spiro atoms. The van der Waals surface area contributed by atoms with Crippen LogP contribution in [0.25, 0.3) is 0 Å². The zero-order valence-electron chi connectivity index (χ0n) is 11.5. The van der Waals surface area contributed by atoms with E-state index in [1.165, 1.54) is 11.8 Å². The smallest absolute Gasteiger partial charge is 0.161 e. The van der Waals surface area contributed by atoms with Crippen LogP contribution in [0.15, 0.2) is 47.6 Å². The summed E-state index contributed by atoms with van der Waals surface area (Å²) in [6, 6.07) is 13.5. The molecule has 20 heavy (non-hydrogen) atoms. The van der Waals surface area contributed by atoms with E-state index in [1.807, 2.05) is 25.1 Å². The van der Waals surface area contributed by atoms with Gasteiger partial charge in [-0.3, -0.25) is 0 Å². The van der Waals surface area contributed by atoms with E-state index in [9.17, 15) is 0 Å². The van der Waals surface area contributed by atoms with Crippen LogP contribution in [0, 0.1) is 6.92 Å². The Morgan fingerprint density at radius 2 is 2.00 bits per heavy atom. The largest absolute Gasteiger partial charge is 0.493 e. The van der Waals surface area contributed by atoms with Crippen molar-refractivity contribution >= 4 is 6.21 Å². The van der Waals surface area contributed by atoms with E-state index in [4.69, 9.17) is 14.7 Å². The Balaban J connectivity index is 2.13. The predicted molar refractivity (Wildman–Crippen MR) is 77.9 cm³/mol. The van der Waals surface area contributed by atoms with Crippen LogP contribution in [0.3, 0.4) is 0 Å². The molecule has 104 valence electrons. The van der Waals surface area contributed by atoms with Crippen LogP contribution in [0.4, 0.5) is 0 Å². The fourth-order valence-electron chi connectivity index (χ4n) is 1.91. The van der Waals surface area contributed by atoms with Gasteiger partial charge < -0.3 is 14.7 Å². The molecular formula is C16H17NO3. The summed E-state index contributed by atoms with van der Waals surface area (Å²) in [6.07, 6.45) is 1.34. The lowest BCUT2D eigenvalue weighted by molar-refractivity contribution is 0.284. The molecule has 4 heteroatoms. The maximum absolute atomic E-state index is 8.53. The van der Waals surface area contributed by atoms with Gasteiger partial charge in [-0.1, -0.05) is 35.0 Å². The number of rotatable bonds is 5. The lowest BCUT2D eigenvalue weighted by atomic mass is 10.1. The lowest BCUT2D eigenvalue weighted by Crippen LogP contribution is -1.98. The average Bonchev–Trinajstić information content (AvgIpc) is 2.46. The van der Waals surface area contributed by atoms with Gasteiger partial charge in [-0.15, -0.1) is 0 Å². The zero-order chi connectivity index (χ0) is 14.4. The first-order chi connectivity index (χ1) is 9.72. The number of ether oxygens (including phenoxy) is 2. The highest BCUT2D eigenvalue weighted by atomic mass is 16.5. The molecule has 0 radical (unpaired) electrons. The quantitative estimate of drug-likeness (QED) is 0.515. The van der Waals surface area contributed by atoms with E-state index in [1.54, 1.807) is 25.3 Å². The first-order valence-corrected chi connectivity index (χ1v) is 6.27. The second-order valence-corrected chi connectivity index (χ2v) is 4.43. The first kappa shape index (κ1) is 13.9. The van der Waals surface area contributed by atoms with Gasteiger partial charge in [0.15, 0.2) is 11.5 Å². The summed E-state index contributed by atoms with van der Waals surface area (Å²) in [5.74, 6) is 1.26. The number of hydrogen-bond donors (Lipinski definition) is 1. The topological polar surface area (TPSA) is 51.0 Å². The van der Waals surface area contributed by atoms with Crippen LogP contribution in [0.1, 0.15) is 16.7 Å². The Bertz CT molecular complexity index is 608. The third-order valence-electron chi connectivity index (χ3n) is 2.87. The molecule has 0 aromatic heterocycles. The minimum atomic E-state index is 0.478. The Labute approximate surface area is 118 Å². The Kier molecular flexibility index (Phi) is 4.60. The summed E-state index contributed by atoms with van der Waals surface area (Å²) < 4.78 is 11.0. The van der Waals surface area contributed by atoms with Crippen molar-refractivity contribution in [3.8, 4) is 11.5 Å². The number of methoxy groups -OCH3 is 1. The highest BCUT2D eigenvalue weighted by Crippen LogP contribution is 2.28. The highest BCUT2D eigenvalue weighted by Gasteiger charge is 2.05. The summed E-state index contributed by atoms with van der Waals surface area (Å²) in [4.78, 5) is 0. The lowest BCUT2D eigenvalue weighted by Gasteiger charge is -2.11. The fraction of sp³-hybridized carbons (Fsp3) is 0.188. The van der Waals surface area contributed by atoms with E-state index in [2.05, 4.69) is 11.2 Å². The van der Waals surface area contributed by atoms with Crippen molar-refractivity contribution in [3.63, 3.8) is 0 Å². The van der Waals surface area contributed by atoms with Crippen molar-refractivity contribution in [3.05, 3.63) is 59.2 Å². The maximum Gasteiger partial charge on any atom is 0.161 e.